The van der Waals surface area contributed by atoms with Crippen LogP contribution in [-0.4, -0.2) is 48.8 Å². The van der Waals surface area contributed by atoms with Gasteiger partial charge in [0, 0.05) is 0 Å². The van der Waals surface area contributed by atoms with Gasteiger partial charge in [-0.1, -0.05) is 0 Å². The van der Waals surface area contributed by atoms with Crippen molar-refractivity contribution >= 4 is 12.3 Å². The SMILES string of the molecule is CC(COC(=O)OCO)OC(=O)OCO. The standard InChI is InChI=1S/C7H12O8/c1-5(15-7(11)14-4-9)2-12-6(10)13-3-8/h5,8-9H,2-4H2,1H3. The Balaban J connectivity index is 3.60. The summed E-state index contributed by atoms with van der Waals surface area (Å²) >= 11 is 0. The predicted octanol–water partition coefficient (Wildman–Crippen LogP) is -0.419. The predicted molar refractivity (Wildman–Crippen MR) is 43.6 cm³/mol. The number of aliphatic hydroxyl groups is 2. The molecule has 1 unspecified atom stereocenters. The van der Waals surface area contributed by atoms with Gasteiger partial charge in [-0.15, -0.1) is 0 Å². The van der Waals surface area contributed by atoms with Crippen molar-refractivity contribution in [2.45, 2.75) is 13.0 Å². The van der Waals surface area contributed by atoms with Crippen LogP contribution in [-0.2, 0) is 18.9 Å². The Kier molecular flexibility index (Phi) is 7.02. The van der Waals surface area contributed by atoms with Gasteiger partial charge in [0.2, 0.25) is 0 Å². The number of ether oxygens (including phenoxy) is 4. The molecule has 0 aliphatic carbocycles. The fourth-order valence-electron chi connectivity index (χ4n) is 0.565. The summed E-state index contributed by atoms with van der Waals surface area (Å²) in [6.45, 7) is -0.399. The topological polar surface area (TPSA) is 112 Å². The van der Waals surface area contributed by atoms with E-state index in [1.54, 1.807) is 0 Å². The lowest BCUT2D eigenvalue weighted by Crippen LogP contribution is -2.23. The van der Waals surface area contributed by atoms with Crippen molar-refractivity contribution in [3.63, 3.8) is 0 Å². The minimum Gasteiger partial charge on any atom is -0.430 e. The molecule has 0 heterocycles. The van der Waals surface area contributed by atoms with E-state index in [0.717, 1.165) is 0 Å². The van der Waals surface area contributed by atoms with Gasteiger partial charge in [-0.2, -0.15) is 0 Å². The third kappa shape index (κ3) is 7.52. The van der Waals surface area contributed by atoms with E-state index in [4.69, 9.17) is 10.2 Å². The van der Waals surface area contributed by atoms with Crippen LogP contribution in [0.5, 0.6) is 0 Å². The maximum absolute atomic E-state index is 10.6. The summed E-state index contributed by atoms with van der Waals surface area (Å²) in [7, 11) is 0. The number of hydrogen-bond acceptors (Lipinski definition) is 8. The van der Waals surface area contributed by atoms with Crippen LogP contribution in [0.2, 0.25) is 0 Å². The molecular weight excluding hydrogens is 212 g/mol. The number of rotatable bonds is 5. The molecule has 0 spiro atoms. The van der Waals surface area contributed by atoms with Crippen LogP contribution in [0.25, 0.3) is 0 Å². The summed E-state index contributed by atoms with van der Waals surface area (Å²) in [6.07, 6.45) is -2.91. The first-order chi connectivity index (χ1) is 7.10. The first kappa shape index (κ1) is 13.5. The fourth-order valence-corrected chi connectivity index (χ4v) is 0.565. The van der Waals surface area contributed by atoms with Crippen molar-refractivity contribution < 1.29 is 38.7 Å². The fraction of sp³-hybridized carbons (Fsp3) is 0.714. The highest BCUT2D eigenvalue weighted by Gasteiger charge is 2.13. The summed E-state index contributed by atoms with van der Waals surface area (Å²) < 4.78 is 17.0. The molecule has 1 atom stereocenters. The lowest BCUT2D eigenvalue weighted by Gasteiger charge is -2.12. The van der Waals surface area contributed by atoms with Gasteiger partial charge in [-0.25, -0.2) is 9.59 Å². The molecule has 0 bridgehead atoms. The highest BCUT2D eigenvalue weighted by molar-refractivity contribution is 5.60. The van der Waals surface area contributed by atoms with Crippen molar-refractivity contribution in [2.75, 3.05) is 20.2 Å². The highest BCUT2D eigenvalue weighted by atomic mass is 16.8. The molecule has 0 amide bonds. The van der Waals surface area contributed by atoms with Gasteiger partial charge in [-0.05, 0) is 6.92 Å². The quantitative estimate of drug-likeness (QED) is 0.478. The molecule has 0 aliphatic rings. The van der Waals surface area contributed by atoms with Gasteiger partial charge in [0.05, 0.1) is 0 Å². The van der Waals surface area contributed by atoms with E-state index < -0.39 is 32.0 Å². The molecule has 0 rings (SSSR count). The maximum atomic E-state index is 10.6. The summed E-state index contributed by atoms with van der Waals surface area (Å²) in [5, 5.41) is 16.3. The Labute approximate surface area is 85.3 Å². The summed E-state index contributed by atoms with van der Waals surface area (Å²) in [5.41, 5.74) is 0. The first-order valence-electron chi connectivity index (χ1n) is 3.94. The van der Waals surface area contributed by atoms with E-state index >= 15 is 0 Å². The van der Waals surface area contributed by atoms with E-state index in [2.05, 4.69) is 18.9 Å². The monoisotopic (exact) mass is 224 g/mol. The molecule has 0 aromatic heterocycles. The number of carbonyl (C=O) groups excluding carboxylic acids is 2. The average molecular weight is 224 g/mol. The Morgan fingerprint density at radius 1 is 1.07 bits per heavy atom. The smallest absolute Gasteiger partial charge is 0.430 e. The molecular formula is C7H12O8. The van der Waals surface area contributed by atoms with E-state index in [1.165, 1.54) is 6.92 Å². The van der Waals surface area contributed by atoms with Crippen LogP contribution in [0, 0.1) is 0 Å². The lowest BCUT2D eigenvalue weighted by molar-refractivity contribution is -0.0469. The van der Waals surface area contributed by atoms with Crippen LogP contribution < -0.4 is 0 Å². The Bertz CT molecular complexity index is 203. The molecule has 0 aliphatic heterocycles. The van der Waals surface area contributed by atoms with Crippen molar-refractivity contribution in [2.24, 2.45) is 0 Å². The van der Waals surface area contributed by atoms with E-state index in [1.807, 2.05) is 0 Å². The molecule has 0 saturated heterocycles. The van der Waals surface area contributed by atoms with Gasteiger partial charge in [0.1, 0.15) is 12.7 Å². The molecule has 88 valence electrons. The van der Waals surface area contributed by atoms with Crippen LogP contribution in [0.4, 0.5) is 9.59 Å². The zero-order chi connectivity index (χ0) is 11.7. The minimum absolute atomic E-state index is 0.251. The van der Waals surface area contributed by atoms with E-state index in [9.17, 15) is 9.59 Å². The lowest BCUT2D eigenvalue weighted by atomic mass is 10.4. The molecule has 0 aromatic carbocycles. The van der Waals surface area contributed by atoms with Crippen LogP contribution in [0.1, 0.15) is 6.92 Å². The Morgan fingerprint density at radius 2 is 1.60 bits per heavy atom. The summed E-state index contributed by atoms with van der Waals surface area (Å²) in [5.74, 6) is 0. The van der Waals surface area contributed by atoms with Gasteiger partial charge >= 0.3 is 12.3 Å². The number of hydrogen-bond donors (Lipinski definition) is 2. The minimum atomic E-state index is -1.08. The second kappa shape index (κ2) is 7.83. The van der Waals surface area contributed by atoms with Crippen molar-refractivity contribution in [3.8, 4) is 0 Å². The van der Waals surface area contributed by atoms with E-state index in [0.29, 0.717) is 0 Å². The third-order valence-corrected chi connectivity index (χ3v) is 1.10. The second-order valence-electron chi connectivity index (χ2n) is 2.29. The van der Waals surface area contributed by atoms with Gasteiger partial charge < -0.3 is 29.2 Å². The Morgan fingerprint density at radius 3 is 2.13 bits per heavy atom. The largest absolute Gasteiger partial charge is 0.510 e. The van der Waals surface area contributed by atoms with Crippen LogP contribution in [0.15, 0.2) is 0 Å². The third-order valence-electron chi connectivity index (χ3n) is 1.10. The Hall–Kier alpha value is -1.54. The average Bonchev–Trinajstić information content (AvgIpc) is 2.15. The first-order valence-corrected chi connectivity index (χ1v) is 3.94. The molecule has 15 heavy (non-hydrogen) atoms. The summed E-state index contributed by atoms with van der Waals surface area (Å²) in [4.78, 5) is 21.2. The molecule has 8 heteroatoms. The highest BCUT2D eigenvalue weighted by Crippen LogP contribution is 1.96. The van der Waals surface area contributed by atoms with Crippen LogP contribution >= 0.6 is 0 Å². The second-order valence-corrected chi connectivity index (χ2v) is 2.29. The molecule has 0 radical (unpaired) electrons. The molecule has 0 saturated carbocycles. The van der Waals surface area contributed by atoms with Gasteiger partial charge in [0.15, 0.2) is 13.6 Å². The zero-order valence-corrected chi connectivity index (χ0v) is 8.04. The number of aliphatic hydroxyl groups excluding tert-OH is 2. The van der Waals surface area contributed by atoms with Gasteiger partial charge in [-0.3, -0.25) is 0 Å². The van der Waals surface area contributed by atoms with Crippen LogP contribution in [0.3, 0.4) is 0 Å². The molecule has 2 N–H and O–H groups in total. The molecule has 0 fully saturated rings. The van der Waals surface area contributed by atoms with Crippen molar-refractivity contribution in [1.29, 1.82) is 0 Å². The van der Waals surface area contributed by atoms with Gasteiger partial charge in [0.25, 0.3) is 0 Å². The van der Waals surface area contributed by atoms with Crippen molar-refractivity contribution in [3.05, 3.63) is 0 Å². The van der Waals surface area contributed by atoms with E-state index in [-0.39, 0.29) is 6.61 Å². The maximum Gasteiger partial charge on any atom is 0.510 e. The zero-order valence-electron chi connectivity index (χ0n) is 8.04. The molecule has 0 aromatic rings. The summed E-state index contributed by atoms with van der Waals surface area (Å²) in [6, 6.07) is 0. The molecule has 8 nitrogen and oxygen atoms in total. The normalized spacial score (nSPS) is 11.4. The number of carbonyl (C=O) groups is 2. The van der Waals surface area contributed by atoms with Crippen molar-refractivity contribution in [1.82, 2.24) is 0 Å².